The lowest BCUT2D eigenvalue weighted by molar-refractivity contribution is -0.132. The molecule has 1 fully saturated rings. The number of amides is 1. The summed E-state index contributed by atoms with van der Waals surface area (Å²) in [6, 6.07) is 0.434. The second-order valence-corrected chi connectivity index (χ2v) is 5.28. The number of hydrogen-bond donors (Lipinski definition) is 1. The normalized spacial score (nSPS) is 21.8. The van der Waals surface area contributed by atoms with Crippen LogP contribution >= 0.6 is 0 Å². The molecule has 1 heterocycles. The Kier molecular flexibility index (Phi) is 6.56. The van der Waals surface area contributed by atoms with E-state index in [4.69, 9.17) is 0 Å². The minimum atomic E-state index is 0.355. The number of hydrogen-bond acceptors (Lipinski definition) is 2. The van der Waals surface area contributed by atoms with Gasteiger partial charge in [0.25, 0.3) is 0 Å². The average Bonchev–Trinajstić information content (AvgIpc) is 2.33. The third-order valence-corrected chi connectivity index (χ3v) is 4.04. The highest BCUT2D eigenvalue weighted by molar-refractivity contribution is 5.76. The van der Waals surface area contributed by atoms with E-state index in [9.17, 15) is 4.79 Å². The van der Waals surface area contributed by atoms with Crippen LogP contribution in [-0.2, 0) is 4.79 Å². The molecular weight excluding hydrogens is 212 g/mol. The molecule has 2 unspecified atom stereocenters. The largest absolute Gasteiger partial charge is 0.341 e. The van der Waals surface area contributed by atoms with Gasteiger partial charge < -0.3 is 10.2 Å². The zero-order chi connectivity index (χ0) is 12.7. The van der Waals surface area contributed by atoms with Gasteiger partial charge in [0.05, 0.1) is 0 Å². The van der Waals surface area contributed by atoms with Crippen LogP contribution in [0.2, 0.25) is 0 Å². The number of carbonyl (C=O) groups excluding carboxylic acids is 1. The van der Waals surface area contributed by atoms with E-state index in [1.807, 2.05) is 7.05 Å². The van der Waals surface area contributed by atoms with Gasteiger partial charge in [-0.1, -0.05) is 33.1 Å². The Morgan fingerprint density at radius 1 is 1.29 bits per heavy atom. The number of likely N-dealkylation sites (tertiary alicyclic amines) is 1. The monoisotopic (exact) mass is 240 g/mol. The first-order valence-electron chi connectivity index (χ1n) is 7.14. The van der Waals surface area contributed by atoms with Crippen molar-refractivity contribution in [2.24, 2.45) is 5.92 Å². The molecule has 0 radical (unpaired) electrons. The zero-order valence-corrected chi connectivity index (χ0v) is 11.7. The minimum Gasteiger partial charge on any atom is -0.341 e. The Hall–Kier alpha value is -0.570. The molecule has 0 spiro atoms. The molecular formula is C14H28N2O. The summed E-state index contributed by atoms with van der Waals surface area (Å²) >= 11 is 0. The lowest BCUT2D eigenvalue weighted by atomic mass is 9.98. The topological polar surface area (TPSA) is 32.3 Å². The van der Waals surface area contributed by atoms with Gasteiger partial charge in [-0.15, -0.1) is 0 Å². The molecule has 0 bridgehead atoms. The molecule has 3 nitrogen and oxygen atoms in total. The standard InChI is InChI=1S/C14H28N2O/c1-4-12(2)13(15-3)11-16-10-8-6-5-7-9-14(16)17/h12-13,15H,4-11H2,1-3H3. The molecule has 1 amide bonds. The van der Waals surface area contributed by atoms with Crippen molar-refractivity contribution in [3.63, 3.8) is 0 Å². The summed E-state index contributed by atoms with van der Waals surface area (Å²) in [5, 5.41) is 3.36. The first-order valence-corrected chi connectivity index (χ1v) is 7.14. The summed E-state index contributed by atoms with van der Waals surface area (Å²) < 4.78 is 0. The Morgan fingerprint density at radius 2 is 2.00 bits per heavy atom. The Balaban J connectivity index is 2.52. The molecule has 1 saturated heterocycles. The molecule has 0 saturated carbocycles. The maximum absolute atomic E-state index is 12.0. The van der Waals surface area contributed by atoms with Crippen molar-refractivity contribution in [1.82, 2.24) is 10.2 Å². The van der Waals surface area contributed by atoms with Crippen molar-refractivity contribution in [1.29, 1.82) is 0 Å². The van der Waals surface area contributed by atoms with E-state index >= 15 is 0 Å². The molecule has 1 N–H and O–H groups in total. The quantitative estimate of drug-likeness (QED) is 0.800. The fourth-order valence-electron chi connectivity index (χ4n) is 2.49. The third kappa shape index (κ3) is 4.66. The highest BCUT2D eigenvalue weighted by atomic mass is 16.2. The van der Waals surface area contributed by atoms with Crippen LogP contribution < -0.4 is 5.32 Å². The number of likely N-dealkylation sites (N-methyl/N-ethyl adjacent to an activating group) is 1. The van der Waals surface area contributed by atoms with Gasteiger partial charge >= 0.3 is 0 Å². The fraction of sp³-hybridized carbons (Fsp3) is 0.929. The fourth-order valence-corrected chi connectivity index (χ4v) is 2.49. The number of nitrogens with zero attached hydrogens (tertiary/aromatic N) is 1. The first-order chi connectivity index (χ1) is 8.19. The van der Waals surface area contributed by atoms with Crippen molar-refractivity contribution >= 4 is 5.91 Å². The molecule has 2 atom stereocenters. The van der Waals surface area contributed by atoms with Gasteiger partial charge in [-0.05, 0) is 25.8 Å². The minimum absolute atomic E-state index is 0.355. The molecule has 0 aromatic rings. The second kappa shape index (κ2) is 7.70. The summed E-state index contributed by atoms with van der Waals surface area (Å²) in [6.45, 7) is 6.30. The van der Waals surface area contributed by atoms with Crippen LogP contribution in [-0.4, -0.2) is 37.0 Å². The van der Waals surface area contributed by atoms with Crippen molar-refractivity contribution in [3.05, 3.63) is 0 Å². The van der Waals surface area contributed by atoms with Crippen LogP contribution in [0.25, 0.3) is 0 Å². The van der Waals surface area contributed by atoms with Gasteiger partial charge in [0.1, 0.15) is 0 Å². The van der Waals surface area contributed by atoms with Gasteiger partial charge in [0.2, 0.25) is 5.91 Å². The molecule has 1 aliphatic rings. The lowest BCUT2D eigenvalue weighted by Crippen LogP contribution is -2.46. The van der Waals surface area contributed by atoms with E-state index in [0.29, 0.717) is 17.9 Å². The number of nitrogens with one attached hydrogen (secondary N) is 1. The van der Waals surface area contributed by atoms with Crippen molar-refractivity contribution in [2.75, 3.05) is 20.1 Å². The van der Waals surface area contributed by atoms with E-state index in [0.717, 1.165) is 32.4 Å². The Bertz CT molecular complexity index is 230. The van der Waals surface area contributed by atoms with Crippen LogP contribution in [0.3, 0.4) is 0 Å². The zero-order valence-electron chi connectivity index (χ0n) is 11.7. The molecule has 0 aliphatic carbocycles. The number of carbonyl (C=O) groups is 1. The third-order valence-electron chi connectivity index (χ3n) is 4.04. The van der Waals surface area contributed by atoms with Crippen LogP contribution in [0.15, 0.2) is 0 Å². The highest BCUT2D eigenvalue weighted by Gasteiger charge is 2.21. The van der Waals surface area contributed by atoms with Crippen molar-refractivity contribution < 1.29 is 4.79 Å². The Labute approximate surface area is 106 Å². The molecule has 1 rings (SSSR count). The van der Waals surface area contributed by atoms with Gasteiger partial charge in [0.15, 0.2) is 0 Å². The first kappa shape index (κ1) is 14.5. The summed E-state index contributed by atoms with van der Waals surface area (Å²) in [6.07, 6.45) is 6.65. The molecule has 3 heteroatoms. The van der Waals surface area contributed by atoms with Crippen LogP contribution in [0.4, 0.5) is 0 Å². The van der Waals surface area contributed by atoms with Crippen LogP contribution in [0.1, 0.15) is 52.4 Å². The van der Waals surface area contributed by atoms with Crippen molar-refractivity contribution in [3.8, 4) is 0 Å². The van der Waals surface area contributed by atoms with E-state index in [-0.39, 0.29) is 0 Å². The highest BCUT2D eigenvalue weighted by Crippen LogP contribution is 2.15. The maximum Gasteiger partial charge on any atom is 0.222 e. The van der Waals surface area contributed by atoms with E-state index in [1.54, 1.807) is 0 Å². The Morgan fingerprint density at radius 3 is 2.65 bits per heavy atom. The average molecular weight is 240 g/mol. The van der Waals surface area contributed by atoms with E-state index < -0.39 is 0 Å². The van der Waals surface area contributed by atoms with Gasteiger partial charge in [-0.2, -0.15) is 0 Å². The van der Waals surface area contributed by atoms with Crippen molar-refractivity contribution in [2.45, 2.75) is 58.4 Å². The number of rotatable bonds is 5. The summed E-state index contributed by atoms with van der Waals surface area (Å²) in [5.74, 6) is 0.978. The lowest BCUT2D eigenvalue weighted by Gasteiger charge is -2.31. The van der Waals surface area contributed by atoms with Gasteiger partial charge in [-0.25, -0.2) is 0 Å². The maximum atomic E-state index is 12.0. The smallest absolute Gasteiger partial charge is 0.222 e. The summed E-state index contributed by atoms with van der Waals surface area (Å²) in [4.78, 5) is 14.1. The molecule has 0 aromatic heterocycles. The summed E-state index contributed by atoms with van der Waals surface area (Å²) in [5.41, 5.74) is 0. The predicted molar refractivity (Wildman–Crippen MR) is 72.0 cm³/mol. The van der Waals surface area contributed by atoms with Crippen LogP contribution in [0.5, 0.6) is 0 Å². The van der Waals surface area contributed by atoms with Crippen LogP contribution in [0, 0.1) is 5.92 Å². The van der Waals surface area contributed by atoms with Gasteiger partial charge in [0, 0.05) is 25.6 Å². The molecule has 17 heavy (non-hydrogen) atoms. The molecule has 100 valence electrons. The van der Waals surface area contributed by atoms with Gasteiger partial charge in [-0.3, -0.25) is 4.79 Å². The predicted octanol–water partition coefficient (Wildman–Crippen LogP) is 2.41. The molecule has 1 aliphatic heterocycles. The van der Waals surface area contributed by atoms with E-state index in [1.165, 1.54) is 19.3 Å². The second-order valence-electron chi connectivity index (χ2n) is 5.28. The SMILES string of the molecule is CCC(C)C(CN1CCCCCCC1=O)NC. The molecule has 0 aromatic carbocycles. The van der Waals surface area contributed by atoms with E-state index in [2.05, 4.69) is 24.1 Å². The summed E-state index contributed by atoms with van der Waals surface area (Å²) in [7, 11) is 2.01.